The minimum absolute atomic E-state index is 0. The standard InChI is InChI=1S/C20H14O5.Na.H/c21-11-5-7-15-17(9-11)25-18-10-12(22)6-8-16(18)19(15)13-3-1-2-4-14(13)20(23)24;;/h1-10,19,21-22H,(H,23,24);;/q;+1;-1. The summed E-state index contributed by atoms with van der Waals surface area (Å²) in [6, 6.07) is 16.3. The molecule has 0 aromatic heterocycles. The Morgan fingerprint density at radius 2 is 1.38 bits per heavy atom. The summed E-state index contributed by atoms with van der Waals surface area (Å²) in [7, 11) is 0. The first-order valence-corrected chi connectivity index (χ1v) is 7.70. The number of aromatic hydroxyl groups is 2. The molecule has 0 radical (unpaired) electrons. The van der Waals surface area contributed by atoms with Crippen LogP contribution < -0.4 is 34.3 Å². The number of hydrogen-bond acceptors (Lipinski definition) is 4. The number of ether oxygens (including phenoxy) is 1. The Labute approximate surface area is 173 Å². The van der Waals surface area contributed by atoms with Crippen molar-refractivity contribution in [2.45, 2.75) is 5.92 Å². The maximum atomic E-state index is 11.7. The molecule has 3 N–H and O–H groups in total. The number of phenolic OH excluding ortho intramolecular Hbond substituents is 2. The molecule has 3 aromatic carbocycles. The molecule has 0 atom stereocenters. The van der Waals surface area contributed by atoms with Crippen molar-refractivity contribution in [3.63, 3.8) is 0 Å². The summed E-state index contributed by atoms with van der Waals surface area (Å²) < 4.78 is 5.82. The molecule has 0 fully saturated rings. The second kappa shape index (κ2) is 7.03. The van der Waals surface area contributed by atoms with Crippen LogP contribution in [-0.4, -0.2) is 21.3 Å². The molecule has 0 unspecified atom stereocenters. The maximum absolute atomic E-state index is 11.7. The quantitative estimate of drug-likeness (QED) is 0.469. The summed E-state index contributed by atoms with van der Waals surface area (Å²) in [5.74, 6) is -0.429. The molecule has 0 saturated heterocycles. The molecular formula is C20H15NaO5. The van der Waals surface area contributed by atoms with E-state index >= 15 is 0 Å². The Bertz CT molecular complexity index is 954. The maximum Gasteiger partial charge on any atom is 1.00 e. The zero-order valence-corrected chi connectivity index (χ0v) is 16.0. The van der Waals surface area contributed by atoms with E-state index in [1.165, 1.54) is 12.1 Å². The van der Waals surface area contributed by atoms with Gasteiger partial charge in [0.05, 0.1) is 5.56 Å². The van der Waals surface area contributed by atoms with Crippen molar-refractivity contribution in [2.75, 3.05) is 0 Å². The third-order valence-corrected chi connectivity index (χ3v) is 4.34. The fourth-order valence-corrected chi connectivity index (χ4v) is 3.26. The minimum Gasteiger partial charge on any atom is -1.00 e. The fraction of sp³-hybridized carbons (Fsp3) is 0.0500. The van der Waals surface area contributed by atoms with Crippen molar-refractivity contribution in [2.24, 2.45) is 0 Å². The van der Waals surface area contributed by atoms with E-state index in [1.54, 1.807) is 48.5 Å². The molecule has 1 aliphatic heterocycles. The van der Waals surface area contributed by atoms with Crippen LogP contribution in [0, 0.1) is 0 Å². The third kappa shape index (κ3) is 3.05. The van der Waals surface area contributed by atoms with Crippen LogP contribution in [0.15, 0.2) is 60.7 Å². The van der Waals surface area contributed by atoms with E-state index in [4.69, 9.17) is 4.74 Å². The SMILES string of the molecule is O=C(O)c1ccccc1C1c2ccc(O)cc2Oc2cc(O)ccc21.[H-].[Na+]. The van der Waals surface area contributed by atoms with Crippen molar-refractivity contribution >= 4 is 5.97 Å². The molecule has 0 aliphatic carbocycles. The van der Waals surface area contributed by atoms with E-state index in [9.17, 15) is 20.1 Å². The van der Waals surface area contributed by atoms with Gasteiger partial charge in [0.25, 0.3) is 0 Å². The molecule has 5 nitrogen and oxygen atoms in total. The average Bonchev–Trinajstić information content (AvgIpc) is 2.59. The summed E-state index contributed by atoms with van der Waals surface area (Å²) in [5, 5.41) is 29.1. The first-order chi connectivity index (χ1) is 12.0. The van der Waals surface area contributed by atoms with Crippen molar-refractivity contribution in [3.8, 4) is 23.0 Å². The topological polar surface area (TPSA) is 87.0 Å². The van der Waals surface area contributed by atoms with Crippen LogP contribution >= 0.6 is 0 Å². The Morgan fingerprint density at radius 3 is 1.92 bits per heavy atom. The van der Waals surface area contributed by atoms with Crippen molar-refractivity contribution < 1.29 is 55.8 Å². The summed E-state index contributed by atoms with van der Waals surface area (Å²) in [6.07, 6.45) is 0. The number of rotatable bonds is 2. The molecule has 126 valence electrons. The second-order valence-electron chi connectivity index (χ2n) is 5.87. The van der Waals surface area contributed by atoms with Crippen LogP contribution in [0.3, 0.4) is 0 Å². The number of phenols is 2. The smallest absolute Gasteiger partial charge is 1.00 e. The largest absolute Gasteiger partial charge is 1.00 e. The monoisotopic (exact) mass is 358 g/mol. The van der Waals surface area contributed by atoms with Crippen LogP contribution in [-0.2, 0) is 0 Å². The molecule has 1 heterocycles. The van der Waals surface area contributed by atoms with E-state index in [0.717, 1.165) is 11.1 Å². The predicted octanol–water partition coefficient (Wildman–Crippen LogP) is 1.20. The van der Waals surface area contributed by atoms with Gasteiger partial charge in [0.15, 0.2) is 0 Å². The molecule has 1 aliphatic rings. The number of hydrogen-bond donors (Lipinski definition) is 3. The van der Waals surface area contributed by atoms with Gasteiger partial charge < -0.3 is 21.5 Å². The molecule has 0 spiro atoms. The van der Waals surface area contributed by atoms with Gasteiger partial charge in [-0.05, 0) is 23.8 Å². The Morgan fingerprint density at radius 1 is 0.846 bits per heavy atom. The van der Waals surface area contributed by atoms with Gasteiger partial charge in [-0.25, -0.2) is 4.79 Å². The molecule has 3 aromatic rings. The first kappa shape index (κ1) is 18.3. The van der Waals surface area contributed by atoms with Gasteiger partial charge in [-0.1, -0.05) is 30.3 Å². The molecule has 0 bridgehead atoms. The van der Waals surface area contributed by atoms with Gasteiger partial charge in [-0.2, -0.15) is 0 Å². The van der Waals surface area contributed by atoms with Gasteiger partial charge in [-0.3, -0.25) is 0 Å². The molecule has 4 rings (SSSR count). The van der Waals surface area contributed by atoms with Gasteiger partial charge in [-0.15, -0.1) is 0 Å². The Balaban J connectivity index is 0.00000131. The number of carbonyl (C=O) groups is 1. The number of carboxylic acids is 1. The summed E-state index contributed by atoms with van der Waals surface area (Å²) in [5.41, 5.74) is 2.33. The number of fused-ring (bicyclic) bond motifs is 2. The summed E-state index contributed by atoms with van der Waals surface area (Å²) >= 11 is 0. The summed E-state index contributed by atoms with van der Waals surface area (Å²) in [4.78, 5) is 11.7. The normalized spacial score (nSPS) is 12.3. The van der Waals surface area contributed by atoms with E-state index in [0.29, 0.717) is 17.1 Å². The van der Waals surface area contributed by atoms with E-state index in [-0.39, 0.29) is 54.0 Å². The van der Waals surface area contributed by atoms with Crippen LogP contribution in [0.1, 0.15) is 34.4 Å². The minimum atomic E-state index is -1.01. The van der Waals surface area contributed by atoms with Crippen LogP contribution in [0.5, 0.6) is 23.0 Å². The van der Waals surface area contributed by atoms with Gasteiger partial charge in [0.2, 0.25) is 0 Å². The van der Waals surface area contributed by atoms with Gasteiger partial charge >= 0.3 is 35.5 Å². The number of benzene rings is 3. The molecule has 0 saturated carbocycles. The van der Waals surface area contributed by atoms with Gasteiger partial charge in [0, 0.05) is 29.2 Å². The zero-order chi connectivity index (χ0) is 17.6. The van der Waals surface area contributed by atoms with Crippen molar-refractivity contribution in [1.29, 1.82) is 0 Å². The van der Waals surface area contributed by atoms with Gasteiger partial charge in [0.1, 0.15) is 23.0 Å². The average molecular weight is 358 g/mol. The molecular weight excluding hydrogens is 343 g/mol. The van der Waals surface area contributed by atoms with Crippen LogP contribution in [0.2, 0.25) is 0 Å². The molecule has 6 heteroatoms. The Hall–Kier alpha value is -2.47. The van der Waals surface area contributed by atoms with E-state index < -0.39 is 5.97 Å². The molecule has 26 heavy (non-hydrogen) atoms. The number of aromatic carboxylic acids is 1. The van der Waals surface area contributed by atoms with Crippen LogP contribution in [0.4, 0.5) is 0 Å². The van der Waals surface area contributed by atoms with Crippen molar-refractivity contribution in [3.05, 3.63) is 82.9 Å². The van der Waals surface area contributed by atoms with Crippen LogP contribution in [0.25, 0.3) is 0 Å². The predicted molar refractivity (Wildman–Crippen MR) is 91.7 cm³/mol. The second-order valence-corrected chi connectivity index (χ2v) is 5.87. The Kier molecular flexibility index (Phi) is 4.96. The summed E-state index contributed by atoms with van der Waals surface area (Å²) in [6.45, 7) is 0. The number of carboxylic acid groups (broad SMARTS) is 1. The fourth-order valence-electron chi connectivity index (χ4n) is 3.26. The zero-order valence-electron chi connectivity index (χ0n) is 15.0. The van der Waals surface area contributed by atoms with E-state index in [1.807, 2.05) is 0 Å². The molecule has 0 amide bonds. The van der Waals surface area contributed by atoms with Crippen molar-refractivity contribution in [1.82, 2.24) is 0 Å². The van der Waals surface area contributed by atoms with E-state index in [2.05, 4.69) is 0 Å². The third-order valence-electron chi connectivity index (χ3n) is 4.34. The first-order valence-electron chi connectivity index (χ1n) is 7.70.